The number of morpholine rings is 1. The van der Waals surface area contributed by atoms with Crippen molar-refractivity contribution in [2.24, 2.45) is 4.99 Å². The van der Waals surface area contributed by atoms with E-state index in [0.29, 0.717) is 6.04 Å². The number of amidine groups is 1. The maximum absolute atomic E-state index is 5.70. The number of likely N-dealkylation sites (tertiary alicyclic amines) is 1. The average molecular weight is 501 g/mol. The van der Waals surface area contributed by atoms with Crippen LogP contribution in [0.5, 0.6) is 0 Å². The predicted molar refractivity (Wildman–Crippen MR) is 147 cm³/mol. The molecular weight excluding hydrogens is 460 g/mol. The monoisotopic (exact) mass is 500 g/mol. The molecule has 1 atom stereocenters. The summed E-state index contributed by atoms with van der Waals surface area (Å²) < 4.78 is 5.70. The smallest absolute Gasteiger partial charge is 0.145 e. The van der Waals surface area contributed by atoms with Gasteiger partial charge in [-0.2, -0.15) is 0 Å². The molecule has 0 radical (unpaired) electrons. The first kappa shape index (κ1) is 24.6. The predicted octanol–water partition coefficient (Wildman–Crippen LogP) is 3.95. The maximum atomic E-state index is 5.70. The van der Waals surface area contributed by atoms with Gasteiger partial charge in [0.15, 0.2) is 0 Å². The number of benzene rings is 1. The minimum absolute atomic E-state index is 0.226. The van der Waals surface area contributed by atoms with Crippen LogP contribution in [0.3, 0.4) is 0 Å². The van der Waals surface area contributed by atoms with Gasteiger partial charge >= 0.3 is 0 Å². The molecule has 4 aliphatic rings. The van der Waals surface area contributed by atoms with Gasteiger partial charge in [-0.15, -0.1) is 0 Å². The van der Waals surface area contributed by atoms with Crippen molar-refractivity contribution in [3.05, 3.63) is 77.3 Å². The molecule has 3 fully saturated rings. The average Bonchev–Trinajstić information content (AvgIpc) is 3.29. The molecule has 37 heavy (non-hydrogen) atoms. The fourth-order valence-corrected chi connectivity index (χ4v) is 6.54. The number of rotatable bonds is 6. The Balaban J connectivity index is 1.28. The SMILES string of the molecule is CCC1(c2ccncc2)CCC(N2CCOCC2)=C2CNN(C3CCN(Cc4ccccc4)CC3)C2=N1. The Labute approximate surface area is 221 Å². The zero-order valence-corrected chi connectivity index (χ0v) is 22.1. The Morgan fingerprint density at radius 3 is 2.49 bits per heavy atom. The summed E-state index contributed by atoms with van der Waals surface area (Å²) in [6, 6.07) is 15.7. The van der Waals surface area contributed by atoms with Crippen LogP contribution < -0.4 is 5.43 Å². The summed E-state index contributed by atoms with van der Waals surface area (Å²) in [5.41, 5.74) is 9.13. The second-order valence-electron chi connectivity index (χ2n) is 10.8. The van der Waals surface area contributed by atoms with Gasteiger partial charge in [0.2, 0.25) is 0 Å². The molecule has 1 aromatic heterocycles. The third-order valence-electron chi connectivity index (χ3n) is 8.73. The standard InChI is InChI=1S/C30H40N6O/c1-2-30(25-9-14-31-15-10-25)13-8-28(35-18-20-37-21-19-35)27-22-32-36(29(27)33-30)26-11-16-34(17-12-26)23-24-6-4-3-5-7-24/h3-7,9-10,14-15,26,32H,2,8,11-13,16-23H2,1H3. The lowest BCUT2D eigenvalue weighted by Gasteiger charge is -2.38. The van der Waals surface area contributed by atoms with Crippen LogP contribution >= 0.6 is 0 Å². The summed E-state index contributed by atoms with van der Waals surface area (Å²) in [5, 5.41) is 2.45. The quantitative estimate of drug-likeness (QED) is 0.648. The van der Waals surface area contributed by atoms with Gasteiger partial charge in [0, 0.05) is 69.0 Å². The zero-order chi connectivity index (χ0) is 25.1. The van der Waals surface area contributed by atoms with Gasteiger partial charge in [-0.25, -0.2) is 5.43 Å². The highest BCUT2D eigenvalue weighted by molar-refractivity contribution is 6.01. The van der Waals surface area contributed by atoms with Crippen molar-refractivity contribution in [3.8, 4) is 0 Å². The number of aliphatic imine (C=N–C) groups is 1. The first-order valence-electron chi connectivity index (χ1n) is 14.1. The molecule has 2 aromatic rings. The molecule has 1 unspecified atom stereocenters. The highest BCUT2D eigenvalue weighted by atomic mass is 16.5. The number of ether oxygens (including phenoxy) is 1. The van der Waals surface area contributed by atoms with Gasteiger partial charge in [0.1, 0.15) is 5.84 Å². The minimum atomic E-state index is -0.226. The molecule has 7 nitrogen and oxygen atoms in total. The van der Waals surface area contributed by atoms with E-state index in [9.17, 15) is 0 Å². The molecule has 1 N–H and O–H groups in total. The van der Waals surface area contributed by atoms with Crippen molar-refractivity contribution < 1.29 is 4.74 Å². The lowest BCUT2D eigenvalue weighted by atomic mass is 9.84. The molecule has 0 amide bonds. The van der Waals surface area contributed by atoms with Crippen molar-refractivity contribution in [1.82, 2.24) is 25.2 Å². The molecule has 1 aromatic carbocycles. The van der Waals surface area contributed by atoms with Crippen LogP contribution in [0.4, 0.5) is 0 Å². The van der Waals surface area contributed by atoms with E-state index in [0.717, 1.165) is 84.6 Å². The molecule has 0 saturated carbocycles. The van der Waals surface area contributed by atoms with Crippen molar-refractivity contribution in [3.63, 3.8) is 0 Å². The first-order chi connectivity index (χ1) is 18.3. The molecule has 6 rings (SSSR count). The van der Waals surface area contributed by atoms with Gasteiger partial charge in [-0.05, 0) is 55.4 Å². The molecule has 0 aliphatic carbocycles. The minimum Gasteiger partial charge on any atom is -0.378 e. The van der Waals surface area contributed by atoms with E-state index < -0.39 is 0 Å². The number of nitrogens with zero attached hydrogens (tertiary/aromatic N) is 5. The van der Waals surface area contributed by atoms with Crippen LogP contribution in [0.25, 0.3) is 0 Å². The maximum Gasteiger partial charge on any atom is 0.145 e. The summed E-state index contributed by atoms with van der Waals surface area (Å²) in [6.45, 7) is 9.98. The zero-order valence-electron chi connectivity index (χ0n) is 22.1. The van der Waals surface area contributed by atoms with Crippen LogP contribution in [0.1, 0.15) is 50.2 Å². The summed E-state index contributed by atoms with van der Waals surface area (Å²) in [7, 11) is 0. The third-order valence-corrected chi connectivity index (χ3v) is 8.73. The Morgan fingerprint density at radius 2 is 1.76 bits per heavy atom. The van der Waals surface area contributed by atoms with E-state index in [2.05, 4.69) is 74.6 Å². The molecule has 5 heterocycles. The van der Waals surface area contributed by atoms with Crippen LogP contribution in [-0.2, 0) is 16.8 Å². The van der Waals surface area contributed by atoms with E-state index in [4.69, 9.17) is 9.73 Å². The van der Waals surface area contributed by atoms with E-state index in [1.54, 1.807) is 0 Å². The number of nitrogens with one attached hydrogen (secondary N) is 1. The topological polar surface area (TPSA) is 56.2 Å². The number of hydrogen-bond acceptors (Lipinski definition) is 7. The lowest BCUT2D eigenvalue weighted by Crippen LogP contribution is -2.49. The van der Waals surface area contributed by atoms with Crippen LogP contribution in [0, 0.1) is 0 Å². The number of hydrazine groups is 1. The van der Waals surface area contributed by atoms with Crippen LogP contribution in [0.15, 0.2) is 71.1 Å². The lowest BCUT2D eigenvalue weighted by molar-refractivity contribution is 0.0512. The first-order valence-corrected chi connectivity index (χ1v) is 14.1. The third kappa shape index (κ3) is 5.05. The second kappa shape index (κ2) is 10.9. The van der Waals surface area contributed by atoms with Crippen LogP contribution in [-0.4, -0.2) is 77.6 Å². The highest BCUT2D eigenvalue weighted by Crippen LogP contribution is 2.41. The molecular formula is C30H40N6O. The van der Waals surface area contributed by atoms with Gasteiger partial charge in [0.05, 0.1) is 18.8 Å². The summed E-state index contributed by atoms with van der Waals surface area (Å²) in [5.74, 6) is 1.18. The molecule has 3 saturated heterocycles. The van der Waals surface area contributed by atoms with E-state index in [1.165, 1.54) is 28.2 Å². The van der Waals surface area contributed by atoms with Gasteiger partial charge < -0.3 is 9.64 Å². The second-order valence-corrected chi connectivity index (χ2v) is 10.8. The summed E-state index contributed by atoms with van der Waals surface area (Å²) in [6.07, 6.45) is 9.18. The molecule has 7 heteroatoms. The fourth-order valence-electron chi connectivity index (χ4n) is 6.54. The normalized spacial score (nSPS) is 25.7. The van der Waals surface area contributed by atoms with Crippen molar-refractivity contribution >= 4 is 5.84 Å². The Hall–Kier alpha value is -2.74. The van der Waals surface area contributed by atoms with Gasteiger partial charge in [-0.3, -0.25) is 19.9 Å². The molecule has 0 spiro atoms. The fraction of sp³-hybridized carbons (Fsp3) is 0.533. The largest absolute Gasteiger partial charge is 0.378 e. The molecule has 196 valence electrons. The number of piperidine rings is 1. The van der Waals surface area contributed by atoms with E-state index in [1.807, 2.05) is 12.4 Å². The molecule has 0 bridgehead atoms. The van der Waals surface area contributed by atoms with Gasteiger partial charge in [0.25, 0.3) is 0 Å². The summed E-state index contributed by atoms with van der Waals surface area (Å²) >= 11 is 0. The molecule has 4 aliphatic heterocycles. The van der Waals surface area contributed by atoms with Crippen molar-refractivity contribution in [1.29, 1.82) is 0 Å². The van der Waals surface area contributed by atoms with E-state index in [-0.39, 0.29) is 5.54 Å². The van der Waals surface area contributed by atoms with Crippen molar-refractivity contribution in [2.45, 2.75) is 57.2 Å². The number of hydrogen-bond donors (Lipinski definition) is 1. The van der Waals surface area contributed by atoms with Crippen LogP contribution in [0.2, 0.25) is 0 Å². The number of pyridine rings is 1. The Kier molecular flexibility index (Phi) is 7.27. The number of allylic oxidation sites excluding steroid dienone is 1. The Bertz CT molecular complexity index is 1110. The summed E-state index contributed by atoms with van der Waals surface area (Å²) in [4.78, 5) is 15.1. The Morgan fingerprint density at radius 1 is 1.00 bits per heavy atom. The van der Waals surface area contributed by atoms with Gasteiger partial charge in [-0.1, -0.05) is 37.3 Å². The van der Waals surface area contributed by atoms with Crippen molar-refractivity contribution in [2.75, 3.05) is 45.9 Å². The van der Waals surface area contributed by atoms with E-state index >= 15 is 0 Å². The number of aromatic nitrogens is 1. The number of fused-ring (bicyclic) bond motifs is 1. The highest BCUT2D eigenvalue weighted by Gasteiger charge is 2.41.